The molecule has 21 heavy (non-hydrogen) atoms. The lowest BCUT2D eigenvalue weighted by atomic mass is 10.1. The van der Waals surface area contributed by atoms with Gasteiger partial charge in [-0.25, -0.2) is 8.42 Å². The molecule has 0 amide bonds. The van der Waals surface area contributed by atoms with Crippen molar-refractivity contribution in [1.82, 2.24) is 5.32 Å². The van der Waals surface area contributed by atoms with E-state index in [0.717, 1.165) is 31.4 Å². The molecule has 7 heteroatoms. The zero-order chi connectivity index (χ0) is 15.0. The van der Waals surface area contributed by atoms with Gasteiger partial charge in [-0.3, -0.25) is 4.99 Å². The Bertz CT molecular complexity index is 542. The number of hydrogen-bond acceptors (Lipinski definition) is 3. The fraction of sp³-hybridized carbons (Fsp3) is 0.500. The number of aliphatic imine (C=N–C) groups is 1. The van der Waals surface area contributed by atoms with Crippen molar-refractivity contribution in [3.8, 4) is 0 Å². The Hall–Kier alpha value is -0.830. The molecule has 0 heterocycles. The topological polar surface area (TPSA) is 84.5 Å². The van der Waals surface area contributed by atoms with Gasteiger partial charge in [-0.2, -0.15) is 0 Å². The number of sulfone groups is 1. The highest BCUT2D eigenvalue weighted by atomic mass is 127. The van der Waals surface area contributed by atoms with E-state index in [1.807, 2.05) is 12.1 Å². The predicted molar refractivity (Wildman–Crippen MR) is 98.1 cm³/mol. The van der Waals surface area contributed by atoms with Crippen LogP contribution in [0.5, 0.6) is 0 Å². The molecule has 0 aliphatic heterocycles. The summed E-state index contributed by atoms with van der Waals surface area (Å²) in [5, 5.41) is 3.04. The molecule has 0 fully saturated rings. The molecule has 0 saturated carbocycles. The summed E-state index contributed by atoms with van der Waals surface area (Å²) in [5.41, 5.74) is 6.78. The molecule has 120 valence electrons. The van der Waals surface area contributed by atoms with Crippen LogP contribution in [0.15, 0.2) is 34.2 Å². The Morgan fingerprint density at radius 2 is 1.90 bits per heavy atom. The SMILES string of the molecule is CCCCN=C(N)NCCc1ccc(S(C)(=O)=O)cc1.I. The molecule has 0 radical (unpaired) electrons. The number of nitrogens with zero attached hydrogens (tertiary/aromatic N) is 1. The maximum Gasteiger partial charge on any atom is 0.188 e. The normalized spacial score (nSPS) is 11.8. The van der Waals surface area contributed by atoms with Gasteiger partial charge in [-0.15, -0.1) is 24.0 Å². The molecule has 0 aliphatic carbocycles. The standard InChI is InChI=1S/C14H23N3O2S.HI/c1-3-4-10-16-14(15)17-11-9-12-5-7-13(8-6-12)20(2,18)19;/h5-8H,3-4,9-11H2,1-2H3,(H3,15,16,17);1H. The van der Waals surface area contributed by atoms with Crippen molar-refractivity contribution in [2.75, 3.05) is 19.3 Å². The second-order valence-electron chi connectivity index (χ2n) is 4.71. The van der Waals surface area contributed by atoms with Crippen molar-refractivity contribution in [3.63, 3.8) is 0 Å². The van der Waals surface area contributed by atoms with Gasteiger partial charge in [0, 0.05) is 19.3 Å². The second kappa shape index (κ2) is 9.99. The number of hydrogen-bond donors (Lipinski definition) is 2. The molecule has 5 nitrogen and oxygen atoms in total. The molecular formula is C14H24IN3O2S. The van der Waals surface area contributed by atoms with Crippen molar-refractivity contribution in [2.45, 2.75) is 31.1 Å². The molecule has 0 atom stereocenters. The summed E-state index contributed by atoms with van der Waals surface area (Å²) in [7, 11) is -3.12. The summed E-state index contributed by atoms with van der Waals surface area (Å²) in [4.78, 5) is 4.54. The lowest BCUT2D eigenvalue weighted by Gasteiger charge is -2.06. The number of benzene rings is 1. The summed E-state index contributed by atoms with van der Waals surface area (Å²) >= 11 is 0. The first-order valence-corrected chi connectivity index (χ1v) is 8.65. The summed E-state index contributed by atoms with van der Waals surface area (Å²) in [6.07, 6.45) is 4.11. The average Bonchev–Trinajstić information content (AvgIpc) is 2.38. The Kier molecular flexibility index (Phi) is 9.60. The predicted octanol–water partition coefficient (Wildman–Crippen LogP) is 1.95. The van der Waals surface area contributed by atoms with Gasteiger partial charge in [-0.05, 0) is 30.5 Å². The number of guanidine groups is 1. The van der Waals surface area contributed by atoms with Crippen LogP contribution in [0.1, 0.15) is 25.3 Å². The largest absolute Gasteiger partial charge is 0.370 e. The summed E-state index contributed by atoms with van der Waals surface area (Å²) in [5.74, 6) is 0.464. The maximum atomic E-state index is 11.3. The molecular weight excluding hydrogens is 401 g/mol. The van der Waals surface area contributed by atoms with Crippen LogP contribution < -0.4 is 11.1 Å². The van der Waals surface area contributed by atoms with E-state index in [4.69, 9.17) is 5.73 Å². The second-order valence-corrected chi connectivity index (χ2v) is 6.73. The van der Waals surface area contributed by atoms with Crippen LogP contribution in [0, 0.1) is 0 Å². The molecule has 1 rings (SSSR count). The molecule has 0 spiro atoms. The van der Waals surface area contributed by atoms with Gasteiger partial charge >= 0.3 is 0 Å². The van der Waals surface area contributed by atoms with Crippen LogP contribution in [-0.4, -0.2) is 33.7 Å². The first-order valence-electron chi connectivity index (χ1n) is 6.76. The highest BCUT2D eigenvalue weighted by Crippen LogP contribution is 2.10. The minimum absolute atomic E-state index is 0. The van der Waals surface area contributed by atoms with E-state index in [1.165, 1.54) is 6.26 Å². The fourth-order valence-electron chi connectivity index (χ4n) is 1.65. The highest BCUT2D eigenvalue weighted by Gasteiger charge is 2.05. The van der Waals surface area contributed by atoms with Crippen molar-refractivity contribution >= 4 is 39.8 Å². The first-order chi connectivity index (χ1) is 9.43. The number of unbranched alkanes of at least 4 members (excludes halogenated alkanes) is 1. The minimum atomic E-state index is -3.12. The van der Waals surface area contributed by atoms with Crippen molar-refractivity contribution in [3.05, 3.63) is 29.8 Å². The highest BCUT2D eigenvalue weighted by molar-refractivity contribution is 14.0. The van der Waals surface area contributed by atoms with Gasteiger partial charge in [-0.1, -0.05) is 25.5 Å². The van der Waals surface area contributed by atoms with Crippen LogP contribution in [0.25, 0.3) is 0 Å². The van der Waals surface area contributed by atoms with Gasteiger partial charge in [0.25, 0.3) is 0 Å². The van der Waals surface area contributed by atoms with Crippen LogP contribution in [0.2, 0.25) is 0 Å². The molecule has 1 aromatic carbocycles. The summed E-state index contributed by atoms with van der Waals surface area (Å²) in [6, 6.07) is 6.90. The van der Waals surface area contributed by atoms with E-state index in [1.54, 1.807) is 12.1 Å². The summed E-state index contributed by atoms with van der Waals surface area (Å²) in [6.45, 7) is 3.54. The van der Waals surface area contributed by atoms with E-state index >= 15 is 0 Å². The zero-order valence-corrected chi connectivity index (χ0v) is 15.6. The molecule has 0 unspecified atom stereocenters. The Morgan fingerprint density at radius 3 is 2.43 bits per heavy atom. The summed E-state index contributed by atoms with van der Waals surface area (Å²) < 4.78 is 22.7. The van der Waals surface area contributed by atoms with E-state index < -0.39 is 9.84 Å². The van der Waals surface area contributed by atoms with Gasteiger partial charge < -0.3 is 11.1 Å². The quantitative estimate of drug-likeness (QED) is 0.303. The third-order valence-electron chi connectivity index (χ3n) is 2.87. The average molecular weight is 425 g/mol. The van der Waals surface area contributed by atoms with Gasteiger partial charge in [0.05, 0.1) is 4.90 Å². The number of nitrogens with two attached hydrogens (primary N) is 1. The van der Waals surface area contributed by atoms with Crippen LogP contribution in [0.3, 0.4) is 0 Å². The number of nitrogens with one attached hydrogen (secondary N) is 1. The van der Waals surface area contributed by atoms with Crippen LogP contribution >= 0.6 is 24.0 Å². The van der Waals surface area contributed by atoms with E-state index in [2.05, 4.69) is 17.2 Å². The molecule has 0 aromatic heterocycles. The molecule has 0 aliphatic rings. The minimum Gasteiger partial charge on any atom is -0.370 e. The van der Waals surface area contributed by atoms with E-state index in [9.17, 15) is 8.42 Å². The lowest BCUT2D eigenvalue weighted by Crippen LogP contribution is -2.33. The van der Waals surface area contributed by atoms with Crippen molar-refractivity contribution < 1.29 is 8.42 Å². The molecule has 0 bridgehead atoms. The number of halogens is 1. The monoisotopic (exact) mass is 425 g/mol. The van der Waals surface area contributed by atoms with Crippen LogP contribution in [0.4, 0.5) is 0 Å². The van der Waals surface area contributed by atoms with Crippen LogP contribution in [-0.2, 0) is 16.3 Å². The molecule has 1 aromatic rings. The van der Waals surface area contributed by atoms with Gasteiger partial charge in [0.15, 0.2) is 15.8 Å². The number of rotatable bonds is 7. The fourth-order valence-corrected chi connectivity index (χ4v) is 2.28. The van der Waals surface area contributed by atoms with Gasteiger partial charge in [0.2, 0.25) is 0 Å². The first kappa shape index (κ1) is 20.2. The van der Waals surface area contributed by atoms with E-state index in [-0.39, 0.29) is 24.0 Å². The van der Waals surface area contributed by atoms with Crippen molar-refractivity contribution in [1.29, 1.82) is 0 Å². The lowest BCUT2D eigenvalue weighted by molar-refractivity contribution is 0.602. The Morgan fingerprint density at radius 1 is 1.29 bits per heavy atom. The smallest absolute Gasteiger partial charge is 0.188 e. The zero-order valence-electron chi connectivity index (χ0n) is 12.5. The Balaban J connectivity index is 0.00000400. The molecule has 0 saturated heterocycles. The van der Waals surface area contributed by atoms with E-state index in [0.29, 0.717) is 17.4 Å². The van der Waals surface area contributed by atoms with Crippen molar-refractivity contribution in [2.24, 2.45) is 10.7 Å². The maximum absolute atomic E-state index is 11.3. The Labute approximate surface area is 144 Å². The third-order valence-corrected chi connectivity index (χ3v) is 3.99. The third kappa shape index (κ3) is 8.25. The van der Waals surface area contributed by atoms with Gasteiger partial charge in [0.1, 0.15) is 0 Å². The molecule has 3 N–H and O–H groups in total.